The lowest BCUT2D eigenvalue weighted by atomic mass is 10.0. The molecule has 1 amide bonds. The van der Waals surface area contributed by atoms with Gasteiger partial charge in [-0.25, -0.2) is 0 Å². The van der Waals surface area contributed by atoms with Crippen LogP contribution in [0.15, 0.2) is 30.6 Å². The Bertz CT molecular complexity index is 767. The minimum absolute atomic E-state index is 0.0580. The zero-order valence-corrected chi connectivity index (χ0v) is 14.2. The summed E-state index contributed by atoms with van der Waals surface area (Å²) in [6.45, 7) is 1.28. The van der Waals surface area contributed by atoms with E-state index in [-0.39, 0.29) is 17.5 Å². The van der Waals surface area contributed by atoms with Crippen molar-refractivity contribution in [3.05, 3.63) is 47.5 Å². The van der Waals surface area contributed by atoms with E-state index in [9.17, 15) is 18.0 Å². The molecule has 0 bridgehead atoms. The molecule has 9 heteroatoms. The molecule has 1 aromatic carbocycles. The standard InChI is InChI=1S/C17H19F3N4O2/c1-26-10-15-22-21-11-24(15)14-5-7-23(8-6-14)16(25)12-3-2-4-13(9-12)17(18,19)20/h2-4,9,11,14H,5-8,10H2,1H3. The fraction of sp³-hybridized carbons (Fsp3) is 0.471. The van der Waals surface area contributed by atoms with Crippen molar-refractivity contribution in [2.45, 2.75) is 31.7 Å². The van der Waals surface area contributed by atoms with Crippen LogP contribution in [0.2, 0.25) is 0 Å². The summed E-state index contributed by atoms with van der Waals surface area (Å²) in [5.41, 5.74) is -0.755. The maximum atomic E-state index is 12.8. The first-order valence-corrected chi connectivity index (χ1v) is 8.24. The van der Waals surface area contributed by atoms with E-state index in [4.69, 9.17) is 4.74 Å². The fourth-order valence-electron chi connectivity index (χ4n) is 3.16. The highest BCUT2D eigenvalue weighted by molar-refractivity contribution is 5.94. The first-order chi connectivity index (χ1) is 12.4. The molecule has 2 heterocycles. The molecule has 0 spiro atoms. The van der Waals surface area contributed by atoms with Gasteiger partial charge in [-0.1, -0.05) is 6.07 Å². The van der Waals surface area contributed by atoms with E-state index in [2.05, 4.69) is 10.2 Å². The summed E-state index contributed by atoms with van der Waals surface area (Å²) in [5.74, 6) is 0.338. The van der Waals surface area contributed by atoms with Gasteiger partial charge in [-0.3, -0.25) is 4.79 Å². The Morgan fingerprint density at radius 2 is 2.04 bits per heavy atom. The number of hydrogen-bond acceptors (Lipinski definition) is 4. The number of carbonyl (C=O) groups excluding carboxylic acids is 1. The van der Waals surface area contributed by atoms with E-state index in [1.165, 1.54) is 12.1 Å². The fourth-order valence-corrected chi connectivity index (χ4v) is 3.16. The van der Waals surface area contributed by atoms with E-state index >= 15 is 0 Å². The molecule has 140 valence electrons. The van der Waals surface area contributed by atoms with E-state index in [0.29, 0.717) is 32.5 Å². The van der Waals surface area contributed by atoms with Gasteiger partial charge >= 0.3 is 6.18 Å². The molecule has 1 aliphatic heterocycles. The number of alkyl halides is 3. The second-order valence-corrected chi connectivity index (χ2v) is 6.19. The minimum atomic E-state index is -4.46. The van der Waals surface area contributed by atoms with Crippen LogP contribution >= 0.6 is 0 Å². The van der Waals surface area contributed by atoms with Crippen molar-refractivity contribution in [3.8, 4) is 0 Å². The molecule has 0 saturated carbocycles. The summed E-state index contributed by atoms with van der Waals surface area (Å²) in [6.07, 6.45) is -1.46. The molecule has 0 unspecified atom stereocenters. The van der Waals surface area contributed by atoms with Crippen LogP contribution in [0.4, 0.5) is 13.2 Å². The van der Waals surface area contributed by atoms with Crippen LogP contribution in [0.1, 0.15) is 40.6 Å². The topological polar surface area (TPSA) is 60.3 Å². The normalized spacial score (nSPS) is 16.1. The third-order valence-electron chi connectivity index (χ3n) is 4.50. The van der Waals surface area contributed by atoms with Crippen LogP contribution in [-0.2, 0) is 17.5 Å². The zero-order valence-electron chi connectivity index (χ0n) is 14.2. The third-order valence-corrected chi connectivity index (χ3v) is 4.50. The lowest BCUT2D eigenvalue weighted by molar-refractivity contribution is -0.137. The molecule has 1 fully saturated rings. The van der Waals surface area contributed by atoms with Gasteiger partial charge in [0, 0.05) is 31.8 Å². The molecule has 1 saturated heterocycles. The second kappa shape index (κ2) is 7.45. The van der Waals surface area contributed by atoms with Gasteiger partial charge in [0.2, 0.25) is 0 Å². The zero-order chi connectivity index (χ0) is 18.7. The van der Waals surface area contributed by atoms with E-state index < -0.39 is 11.7 Å². The first-order valence-electron chi connectivity index (χ1n) is 8.24. The summed E-state index contributed by atoms with van der Waals surface area (Å²) in [4.78, 5) is 14.1. The Kier molecular flexibility index (Phi) is 5.26. The largest absolute Gasteiger partial charge is 0.416 e. The number of piperidine rings is 1. The maximum absolute atomic E-state index is 12.8. The monoisotopic (exact) mass is 368 g/mol. The number of ether oxygens (including phenoxy) is 1. The Hall–Kier alpha value is -2.42. The summed E-state index contributed by atoms with van der Waals surface area (Å²) < 4.78 is 45.5. The molecule has 1 aliphatic rings. The Morgan fingerprint density at radius 1 is 1.31 bits per heavy atom. The summed E-state index contributed by atoms with van der Waals surface area (Å²) in [5, 5.41) is 7.91. The smallest absolute Gasteiger partial charge is 0.377 e. The highest BCUT2D eigenvalue weighted by Crippen LogP contribution is 2.30. The predicted octanol–water partition coefficient (Wildman–Crippen LogP) is 2.92. The molecular formula is C17H19F3N4O2. The first kappa shape index (κ1) is 18.4. The van der Waals surface area contributed by atoms with Gasteiger partial charge in [0.05, 0.1) is 5.56 Å². The van der Waals surface area contributed by atoms with Gasteiger partial charge in [0.25, 0.3) is 5.91 Å². The van der Waals surface area contributed by atoms with Crippen LogP contribution in [0.5, 0.6) is 0 Å². The van der Waals surface area contributed by atoms with Gasteiger partial charge in [0.15, 0.2) is 5.82 Å². The van der Waals surface area contributed by atoms with Crippen molar-refractivity contribution in [1.29, 1.82) is 0 Å². The molecule has 0 aliphatic carbocycles. The molecule has 2 aromatic rings. The van der Waals surface area contributed by atoms with Crippen LogP contribution in [0, 0.1) is 0 Å². The molecule has 0 atom stereocenters. The van der Waals surface area contributed by atoms with E-state index in [1.807, 2.05) is 4.57 Å². The Labute approximate surface area is 148 Å². The van der Waals surface area contributed by atoms with Crippen LogP contribution in [0.3, 0.4) is 0 Å². The minimum Gasteiger partial charge on any atom is -0.377 e. The third kappa shape index (κ3) is 3.87. The molecule has 6 nitrogen and oxygen atoms in total. The molecule has 0 N–H and O–H groups in total. The van der Waals surface area contributed by atoms with Gasteiger partial charge < -0.3 is 14.2 Å². The quantitative estimate of drug-likeness (QED) is 0.833. The van der Waals surface area contributed by atoms with Gasteiger partial charge in [-0.05, 0) is 31.0 Å². The van der Waals surface area contributed by atoms with Crippen LogP contribution < -0.4 is 0 Å². The Morgan fingerprint density at radius 3 is 2.69 bits per heavy atom. The lowest BCUT2D eigenvalue weighted by Gasteiger charge is -2.33. The number of hydrogen-bond donors (Lipinski definition) is 0. The average molecular weight is 368 g/mol. The number of nitrogens with zero attached hydrogens (tertiary/aromatic N) is 4. The number of carbonyl (C=O) groups is 1. The maximum Gasteiger partial charge on any atom is 0.416 e. The molecule has 26 heavy (non-hydrogen) atoms. The van der Waals surface area contributed by atoms with Gasteiger partial charge in [-0.2, -0.15) is 13.2 Å². The van der Waals surface area contributed by atoms with Crippen molar-refractivity contribution in [1.82, 2.24) is 19.7 Å². The summed E-state index contributed by atoms with van der Waals surface area (Å²) in [7, 11) is 1.58. The number of aromatic nitrogens is 3. The number of halogens is 3. The van der Waals surface area contributed by atoms with Gasteiger partial charge in [0.1, 0.15) is 12.9 Å². The molecular weight excluding hydrogens is 349 g/mol. The van der Waals surface area contributed by atoms with E-state index in [0.717, 1.165) is 18.0 Å². The highest BCUT2D eigenvalue weighted by Gasteiger charge is 2.32. The lowest BCUT2D eigenvalue weighted by Crippen LogP contribution is -2.39. The number of amides is 1. The van der Waals surface area contributed by atoms with Gasteiger partial charge in [-0.15, -0.1) is 10.2 Å². The average Bonchev–Trinajstić information content (AvgIpc) is 3.09. The predicted molar refractivity (Wildman–Crippen MR) is 86.4 cm³/mol. The molecule has 0 radical (unpaired) electrons. The van der Waals surface area contributed by atoms with Crippen molar-refractivity contribution >= 4 is 5.91 Å². The number of likely N-dealkylation sites (tertiary alicyclic amines) is 1. The highest BCUT2D eigenvalue weighted by atomic mass is 19.4. The van der Waals surface area contributed by atoms with E-state index in [1.54, 1.807) is 18.3 Å². The van der Waals surface area contributed by atoms with Crippen LogP contribution in [0.25, 0.3) is 0 Å². The molecule has 1 aromatic heterocycles. The van der Waals surface area contributed by atoms with Crippen LogP contribution in [-0.4, -0.2) is 45.8 Å². The van der Waals surface area contributed by atoms with Crippen molar-refractivity contribution < 1.29 is 22.7 Å². The number of rotatable bonds is 4. The summed E-state index contributed by atoms with van der Waals surface area (Å²) >= 11 is 0. The Balaban J connectivity index is 1.66. The van der Waals surface area contributed by atoms with Crippen molar-refractivity contribution in [3.63, 3.8) is 0 Å². The number of methoxy groups -OCH3 is 1. The van der Waals surface area contributed by atoms with Crippen molar-refractivity contribution in [2.75, 3.05) is 20.2 Å². The second-order valence-electron chi connectivity index (χ2n) is 6.19. The SMILES string of the molecule is COCc1nncn1C1CCN(C(=O)c2cccc(C(F)(F)F)c2)CC1. The summed E-state index contributed by atoms with van der Waals surface area (Å²) in [6, 6.07) is 4.69. The number of benzene rings is 1. The van der Waals surface area contributed by atoms with Crippen molar-refractivity contribution in [2.24, 2.45) is 0 Å². The molecule has 3 rings (SSSR count).